The maximum atomic E-state index is 13.8. The first-order valence-corrected chi connectivity index (χ1v) is 7.45. The molecule has 0 spiro atoms. The van der Waals surface area contributed by atoms with Gasteiger partial charge in [0.1, 0.15) is 11.6 Å². The van der Waals surface area contributed by atoms with Gasteiger partial charge in [-0.1, -0.05) is 12.1 Å². The van der Waals surface area contributed by atoms with Gasteiger partial charge in [-0.2, -0.15) is 0 Å². The van der Waals surface area contributed by atoms with Crippen LogP contribution in [-0.2, 0) is 9.59 Å². The van der Waals surface area contributed by atoms with Crippen molar-refractivity contribution in [3.63, 3.8) is 0 Å². The van der Waals surface area contributed by atoms with Gasteiger partial charge in [-0.25, -0.2) is 4.39 Å². The Morgan fingerprint density at radius 3 is 2.83 bits per heavy atom. The molecule has 0 saturated carbocycles. The fraction of sp³-hybridized carbons (Fsp3) is 0.294. The van der Waals surface area contributed by atoms with Crippen LogP contribution in [0.5, 0.6) is 0 Å². The van der Waals surface area contributed by atoms with Gasteiger partial charge in [0.05, 0.1) is 23.9 Å². The lowest BCUT2D eigenvalue weighted by Crippen LogP contribution is -2.34. The van der Waals surface area contributed by atoms with E-state index in [1.54, 1.807) is 30.3 Å². The second-order valence-electron chi connectivity index (χ2n) is 5.60. The number of anilines is 1. The van der Waals surface area contributed by atoms with Gasteiger partial charge >= 0.3 is 0 Å². The van der Waals surface area contributed by atoms with Crippen molar-refractivity contribution in [3.8, 4) is 0 Å². The summed E-state index contributed by atoms with van der Waals surface area (Å²) in [5.41, 5.74) is 0.215. The molecular formula is C17H17FN2O3. The van der Waals surface area contributed by atoms with E-state index in [1.165, 1.54) is 17.2 Å². The lowest BCUT2D eigenvalue weighted by molar-refractivity contribution is -0.127. The van der Waals surface area contributed by atoms with Crippen LogP contribution in [-0.4, -0.2) is 18.4 Å². The number of furan rings is 1. The number of carbonyl (C=O) groups excluding carboxylic acids is 2. The van der Waals surface area contributed by atoms with Crippen LogP contribution in [0.4, 0.5) is 10.1 Å². The van der Waals surface area contributed by atoms with Crippen molar-refractivity contribution >= 4 is 17.5 Å². The van der Waals surface area contributed by atoms with Crippen molar-refractivity contribution in [2.24, 2.45) is 5.92 Å². The van der Waals surface area contributed by atoms with Crippen molar-refractivity contribution < 1.29 is 18.4 Å². The molecule has 1 aliphatic rings. The molecule has 2 atom stereocenters. The second-order valence-corrected chi connectivity index (χ2v) is 5.60. The molecule has 1 saturated heterocycles. The predicted molar refractivity (Wildman–Crippen MR) is 82.1 cm³/mol. The first-order chi connectivity index (χ1) is 11.1. The highest BCUT2D eigenvalue weighted by Gasteiger charge is 2.36. The topological polar surface area (TPSA) is 62.6 Å². The van der Waals surface area contributed by atoms with Gasteiger partial charge in [0, 0.05) is 13.0 Å². The molecule has 1 fully saturated rings. The highest BCUT2D eigenvalue weighted by molar-refractivity contribution is 6.00. The van der Waals surface area contributed by atoms with E-state index in [0.717, 1.165) is 0 Å². The van der Waals surface area contributed by atoms with E-state index in [1.807, 2.05) is 6.92 Å². The van der Waals surface area contributed by atoms with Gasteiger partial charge in [-0.15, -0.1) is 0 Å². The van der Waals surface area contributed by atoms with Crippen LogP contribution in [0.15, 0.2) is 47.1 Å². The smallest absolute Gasteiger partial charge is 0.227 e. The van der Waals surface area contributed by atoms with E-state index in [9.17, 15) is 14.0 Å². The average Bonchev–Trinajstić information content (AvgIpc) is 3.17. The zero-order valence-corrected chi connectivity index (χ0v) is 12.7. The van der Waals surface area contributed by atoms with Crippen LogP contribution in [0.3, 0.4) is 0 Å². The lowest BCUT2D eigenvalue weighted by atomic mass is 10.1. The number of rotatable bonds is 4. The molecule has 0 bridgehead atoms. The Kier molecular flexibility index (Phi) is 4.14. The van der Waals surface area contributed by atoms with E-state index < -0.39 is 11.7 Å². The molecule has 2 amide bonds. The van der Waals surface area contributed by atoms with Crippen molar-refractivity contribution in [3.05, 3.63) is 54.2 Å². The standard InChI is InChI=1S/C17H17FN2O3/c1-11(15-7-4-8-23-15)19-17(22)12-9-16(21)20(10-12)14-6-3-2-5-13(14)18/h2-8,11-12H,9-10H2,1H3,(H,19,22). The molecular weight excluding hydrogens is 299 g/mol. The van der Waals surface area contributed by atoms with Gasteiger partial charge in [0.15, 0.2) is 0 Å². The first kappa shape index (κ1) is 15.3. The van der Waals surface area contributed by atoms with Crippen LogP contribution in [0.25, 0.3) is 0 Å². The van der Waals surface area contributed by atoms with E-state index in [2.05, 4.69) is 5.32 Å². The molecule has 3 rings (SSSR count). The van der Waals surface area contributed by atoms with E-state index in [0.29, 0.717) is 5.76 Å². The molecule has 6 heteroatoms. The number of hydrogen-bond donors (Lipinski definition) is 1. The molecule has 1 aromatic carbocycles. The molecule has 0 radical (unpaired) electrons. The number of carbonyl (C=O) groups is 2. The quantitative estimate of drug-likeness (QED) is 0.943. The SMILES string of the molecule is CC(NC(=O)C1CC(=O)N(c2ccccc2F)C1)c1ccco1. The van der Waals surface area contributed by atoms with Crippen molar-refractivity contribution in [1.82, 2.24) is 5.32 Å². The summed E-state index contributed by atoms with van der Waals surface area (Å²) >= 11 is 0. The minimum atomic E-state index is -0.500. The summed E-state index contributed by atoms with van der Waals surface area (Å²) in [7, 11) is 0. The van der Waals surface area contributed by atoms with Crippen LogP contribution in [0, 0.1) is 11.7 Å². The molecule has 1 aliphatic heterocycles. The summed E-state index contributed by atoms with van der Waals surface area (Å²) in [5, 5.41) is 2.83. The van der Waals surface area contributed by atoms with E-state index >= 15 is 0 Å². The zero-order valence-electron chi connectivity index (χ0n) is 12.7. The Balaban J connectivity index is 1.67. The fourth-order valence-electron chi connectivity index (χ4n) is 2.73. The van der Waals surface area contributed by atoms with Gasteiger partial charge < -0.3 is 14.6 Å². The van der Waals surface area contributed by atoms with Crippen LogP contribution in [0.2, 0.25) is 0 Å². The molecule has 2 unspecified atom stereocenters. The maximum Gasteiger partial charge on any atom is 0.227 e. The molecule has 0 aliphatic carbocycles. The highest BCUT2D eigenvalue weighted by atomic mass is 19.1. The minimum Gasteiger partial charge on any atom is -0.467 e. The fourth-order valence-corrected chi connectivity index (χ4v) is 2.73. The molecule has 5 nitrogen and oxygen atoms in total. The summed E-state index contributed by atoms with van der Waals surface area (Å²) in [6.45, 7) is 1.98. The molecule has 2 aromatic rings. The van der Waals surface area contributed by atoms with Crippen molar-refractivity contribution in [2.75, 3.05) is 11.4 Å². The molecule has 1 N–H and O–H groups in total. The summed E-state index contributed by atoms with van der Waals surface area (Å²) in [5.74, 6) is -0.805. The Morgan fingerprint density at radius 1 is 1.35 bits per heavy atom. The predicted octanol–water partition coefficient (Wildman–Crippen LogP) is 2.65. The minimum absolute atomic E-state index is 0.0744. The number of halogens is 1. The third-order valence-electron chi connectivity index (χ3n) is 3.97. The average molecular weight is 316 g/mol. The Morgan fingerprint density at radius 2 is 2.13 bits per heavy atom. The molecule has 120 valence electrons. The Bertz CT molecular complexity index is 714. The van der Waals surface area contributed by atoms with Gasteiger partial charge in [0.2, 0.25) is 11.8 Å². The van der Waals surface area contributed by atoms with Crippen molar-refractivity contribution in [2.45, 2.75) is 19.4 Å². The number of nitrogens with zero attached hydrogens (tertiary/aromatic N) is 1. The van der Waals surface area contributed by atoms with Gasteiger partial charge in [-0.05, 0) is 31.2 Å². The zero-order chi connectivity index (χ0) is 16.4. The largest absolute Gasteiger partial charge is 0.467 e. The monoisotopic (exact) mass is 316 g/mol. The highest BCUT2D eigenvalue weighted by Crippen LogP contribution is 2.27. The summed E-state index contributed by atoms with van der Waals surface area (Å²) in [6, 6.07) is 9.31. The number of amides is 2. The van der Waals surface area contributed by atoms with Crippen molar-refractivity contribution in [1.29, 1.82) is 0 Å². The van der Waals surface area contributed by atoms with Crippen LogP contribution in [0.1, 0.15) is 25.1 Å². The summed E-state index contributed by atoms with van der Waals surface area (Å²) < 4.78 is 19.1. The summed E-state index contributed by atoms with van der Waals surface area (Å²) in [6.07, 6.45) is 1.61. The van der Waals surface area contributed by atoms with E-state index in [4.69, 9.17) is 4.42 Å². The number of benzene rings is 1. The number of para-hydroxylation sites is 1. The van der Waals surface area contributed by atoms with Crippen LogP contribution < -0.4 is 10.2 Å². The third kappa shape index (κ3) is 3.11. The van der Waals surface area contributed by atoms with E-state index in [-0.39, 0.29) is 36.5 Å². The number of nitrogens with one attached hydrogen (secondary N) is 1. The molecule has 2 heterocycles. The summed E-state index contributed by atoms with van der Waals surface area (Å²) in [4.78, 5) is 25.8. The van der Waals surface area contributed by atoms with Crippen LogP contribution >= 0.6 is 0 Å². The first-order valence-electron chi connectivity index (χ1n) is 7.45. The normalized spacial score (nSPS) is 19.0. The number of hydrogen-bond acceptors (Lipinski definition) is 3. The lowest BCUT2D eigenvalue weighted by Gasteiger charge is -2.18. The maximum absolute atomic E-state index is 13.8. The second kappa shape index (κ2) is 6.24. The third-order valence-corrected chi connectivity index (χ3v) is 3.97. The molecule has 1 aromatic heterocycles. The van der Waals surface area contributed by atoms with Gasteiger partial charge in [0.25, 0.3) is 0 Å². The van der Waals surface area contributed by atoms with Gasteiger partial charge in [-0.3, -0.25) is 9.59 Å². The molecule has 23 heavy (non-hydrogen) atoms. The Labute approximate surface area is 133 Å². The Hall–Kier alpha value is -2.63.